The van der Waals surface area contributed by atoms with Crippen LogP contribution >= 0.6 is 0 Å². The molecule has 0 aliphatic carbocycles. The Morgan fingerprint density at radius 3 is 2.45 bits per heavy atom. The Balaban J connectivity index is 1.81. The summed E-state index contributed by atoms with van der Waals surface area (Å²) in [4.78, 5) is 12.9. The highest BCUT2D eigenvalue weighted by atomic mass is 32.2. The first-order chi connectivity index (χ1) is 13.9. The Hall–Kier alpha value is -2.58. The van der Waals surface area contributed by atoms with E-state index in [1.54, 1.807) is 44.6 Å². The van der Waals surface area contributed by atoms with E-state index in [-0.39, 0.29) is 16.8 Å². The maximum absolute atomic E-state index is 12.8. The zero-order chi connectivity index (χ0) is 21.0. The molecule has 8 heteroatoms. The van der Waals surface area contributed by atoms with Gasteiger partial charge in [0, 0.05) is 24.2 Å². The first-order valence-corrected chi connectivity index (χ1v) is 10.9. The molecule has 1 unspecified atom stereocenters. The lowest BCUT2D eigenvalue weighted by atomic mass is 10.1. The van der Waals surface area contributed by atoms with Crippen LogP contribution in [0.3, 0.4) is 0 Å². The number of sulfonamides is 1. The molecule has 0 aromatic heterocycles. The molecule has 1 aliphatic rings. The number of rotatable bonds is 7. The summed E-state index contributed by atoms with van der Waals surface area (Å²) in [5, 5.41) is 2.90. The molecule has 1 saturated heterocycles. The Kier molecular flexibility index (Phi) is 6.44. The number of ether oxygens (including phenoxy) is 2. The minimum absolute atomic E-state index is 0.138. The molecule has 1 atom stereocenters. The van der Waals surface area contributed by atoms with Crippen molar-refractivity contribution >= 4 is 15.9 Å². The van der Waals surface area contributed by atoms with Crippen molar-refractivity contribution in [3.05, 3.63) is 53.6 Å². The number of hydrogen-bond acceptors (Lipinski definition) is 5. The molecule has 7 nitrogen and oxygen atoms in total. The van der Waals surface area contributed by atoms with Crippen LogP contribution in [-0.4, -0.2) is 45.9 Å². The van der Waals surface area contributed by atoms with Gasteiger partial charge in [0.05, 0.1) is 25.2 Å². The molecule has 1 N–H and O–H groups in total. The first-order valence-electron chi connectivity index (χ1n) is 9.50. The van der Waals surface area contributed by atoms with Gasteiger partial charge in [-0.15, -0.1) is 0 Å². The van der Waals surface area contributed by atoms with E-state index in [2.05, 4.69) is 5.32 Å². The Labute approximate surface area is 171 Å². The number of carbonyl (C=O) groups is 1. The molecule has 2 aromatic carbocycles. The highest BCUT2D eigenvalue weighted by Gasteiger charge is 2.27. The Bertz CT molecular complexity index is 984. The van der Waals surface area contributed by atoms with Crippen molar-refractivity contribution in [2.45, 2.75) is 30.7 Å². The van der Waals surface area contributed by atoms with Gasteiger partial charge in [-0.2, -0.15) is 4.31 Å². The molecular weight excluding hydrogens is 392 g/mol. The van der Waals surface area contributed by atoms with Crippen LogP contribution in [0.25, 0.3) is 0 Å². The fourth-order valence-electron chi connectivity index (χ4n) is 3.41. The molecule has 1 aliphatic heterocycles. The molecule has 2 aromatic rings. The van der Waals surface area contributed by atoms with E-state index in [0.29, 0.717) is 30.2 Å². The predicted molar refractivity (Wildman–Crippen MR) is 110 cm³/mol. The van der Waals surface area contributed by atoms with Crippen molar-refractivity contribution in [1.82, 2.24) is 9.62 Å². The third kappa shape index (κ3) is 4.54. The van der Waals surface area contributed by atoms with Crippen LogP contribution in [0.15, 0.2) is 47.4 Å². The van der Waals surface area contributed by atoms with Crippen molar-refractivity contribution in [3.8, 4) is 11.5 Å². The monoisotopic (exact) mass is 418 g/mol. The van der Waals surface area contributed by atoms with Crippen LogP contribution < -0.4 is 14.8 Å². The predicted octanol–water partition coefficient (Wildman–Crippen LogP) is 2.98. The van der Waals surface area contributed by atoms with Crippen LogP contribution in [0.5, 0.6) is 11.5 Å². The number of methoxy groups -OCH3 is 2. The third-order valence-corrected chi connectivity index (χ3v) is 6.94. The van der Waals surface area contributed by atoms with E-state index < -0.39 is 10.0 Å². The van der Waals surface area contributed by atoms with Crippen molar-refractivity contribution in [1.29, 1.82) is 0 Å². The zero-order valence-electron chi connectivity index (χ0n) is 16.8. The van der Waals surface area contributed by atoms with E-state index in [4.69, 9.17) is 9.47 Å². The molecule has 0 bridgehead atoms. The molecule has 0 spiro atoms. The van der Waals surface area contributed by atoms with Gasteiger partial charge >= 0.3 is 0 Å². The average molecular weight is 419 g/mol. The SMILES string of the molecule is COc1ccc(OC)c(C(C)NC(=O)c2cccc(S(=O)(=O)N3CCCC3)c2)c1. The van der Waals surface area contributed by atoms with Gasteiger partial charge in [-0.1, -0.05) is 6.07 Å². The van der Waals surface area contributed by atoms with E-state index in [9.17, 15) is 13.2 Å². The largest absolute Gasteiger partial charge is 0.497 e. The second kappa shape index (κ2) is 8.84. The van der Waals surface area contributed by atoms with E-state index in [1.165, 1.54) is 16.4 Å². The molecule has 156 valence electrons. The molecule has 3 rings (SSSR count). The second-order valence-corrected chi connectivity index (χ2v) is 8.88. The van der Waals surface area contributed by atoms with E-state index >= 15 is 0 Å². The molecular formula is C21H26N2O5S. The minimum atomic E-state index is -3.58. The number of amides is 1. The van der Waals surface area contributed by atoms with Gasteiger partial charge in [0.2, 0.25) is 10.0 Å². The van der Waals surface area contributed by atoms with Crippen LogP contribution in [0, 0.1) is 0 Å². The van der Waals surface area contributed by atoms with Crippen LogP contribution in [-0.2, 0) is 10.0 Å². The average Bonchev–Trinajstić information content (AvgIpc) is 3.29. The highest BCUT2D eigenvalue weighted by molar-refractivity contribution is 7.89. The van der Waals surface area contributed by atoms with Gasteiger partial charge in [-0.05, 0) is 56.2 Å². The van der Waals surface area contributed by atoms with Crippen LogP contribution in [0.1, 0.15) is 41.7 Å². The van der Waals surface area contributed by atoms with Crippen LogP contribution in [0.2, 0.25) is 0 Å². The van der Waals surface area contributed by atoms with Gasteiger partial charge in [-0.25, -0.2) is 8.42 Å². The Morgan fingerprint density at radius 1 is 1.07 bits per heavy atom. The lowest BCUT2D eigenvalue weighted by molar-refractivity contribution is 0.0939. The molecule has 1 amide bonds. The summed E-state index contributed by atoms with van der Waals surface area (Å²) >= 11 is 0. The van der Waals surface area contributed by atoms with Gasteiger partial charge < -0.3 is 14.8 Å². The molecule has 0 radical (unpaired) electrons. The van der Waals surface area contributed by atoms with Crippen LogP contribution in [0.4, 0.5) is 0 Å². The molecule has 1 fully saturated rings. The number of carbonyl (C=O) groups excluding carboxylic acids is 1. The van der Waals surface area contributed by atoms with E-state index in [1.807, 2.05) is 6.92 Å². The quantitative estimate of drug-likeness (QED) is 0.747. The zero-order valence-corrected chi connectivity index (χ0v) is 17.7. The summed E-state index contributed by atoms with van der Waals surface area (Å²) in [7, 11) is -0.446. The molecule has 1 heterocycles. The number of hydrogen-bond donors (Lipinski definition) is 1. The summed E-state index contributed by atoms with van der Waals surface area (Å²) in [6, 6.07) is 11.1. The molecule has 0 saturated carbocycles. The summed E-state index contributed by atoms with van der Waals surface area (Å²) < 4.78 is 37.6. The van der Waals surface area contributed by atoms with Crippen molar-refractivity contribution in [3.63, 3.8) is 0 Å². The third-order valence-electron chi connectivity index (χ3n) is 5.05. The number of nitrogens with zero attached hydrogens (tertiary/aromatic N) is 1. The number of nitrogens with one attached hydrogen (secondary N) is 1. The van der Waals surface area contributed by atoms with Gasteiger partial charge in [0.25, 0.3) is 5.91 Å². The number of benzene rings is 2. The fourth-order valence-corrected chi connectivity index (χ4v) is 4.97. The highest BCUT2D eigenvalue weighted by Crippen LogP contribution is 2.29. The maximum Gasteiger partial charge on any atom is 0.251 e. The first kappa shape index (κ1) is 21.1. The maximum atomic E-state index is 12.8. The van der Waals surface area contributed by atoms with E-state index in [0.717, 1.165) is 18.4 Å². The minimum Gasteiger partial charge on any atom is -0.497 e. The summed E-state index contributed by atoms with van der Waals surface area (Å²) in [6.07, 6.45) is 1.72. The van der Waals surface area contributed by atoms with Gasteiger partial charge in [0.15, 0.2) is 0 Å². The van der Waals surface area contributed by atoms with Crippen molar-refractivity contribution < 1.29 is 22.7 Å². The lowest BCUT2D eigenvalue weighted by Crippen LogP contribution is -2.29. The second-order valence-electron chi connectivity index (χ2n) is 6.94. The summed E-state index contributed by atoms with van der Waals surface area (Å²) in [6.45, 7) is 2.87. The lowest BCUT2D eigenvalue weighted by Gasteiger charge is -2.19. The van der Waals surface area contributed by atoms with Gasteiger partial charge in [0.1, 0.15) is 11.5 Å². The van der Waals surface area contributed by atoms with Crippen molar-refractivity contribution in [2.75, 3.05) is 27.3 Å². The topological polar surface area (TPSA) is 84.9 Å². The standard InChI is InChI=1S/C21H26N2O5S/c1-15(19-14-17(27-2)9-10-20(19)28-3)22-21(24)16-7-6-8-18(13-16)29(25,26)23-11-4-5-12-23/h6-10,13-15H,4-5,11-12H2,1-3H3,(H,22,24). The molecule has 29 heavy (non-hydrogen) atoms. The Morgan fingerprint density at radius 2 is 1.79 bits per heavy atom. The smallest absolute Gasteiger partial charge is 0.251 e. The van der Waals surface area contributed by atoms with Crippen molar-refractivity contribution in [2.24, 2.45) is 0 Å². The summed E-state index contributed by atoms with van der Waals surface area (Å²) in [5.41, 5.74) is 1.06. The van der Waals surface area contributed by atoms with Gasteiger partial charge in [-0.3, -0.25) is 4.79 Å². The summed E-state index contributed by atoms with van der Waals surface area (Å²) in [5.74, 6) is 0.922. The normalized spacial score (nSPS) is 15.7. The fraction of sp³-hybridized carbons (Fsp3) is 0.381.